The van der Waals surface area contributed by atoms with E-state index in [1.807, 2.05) is 0 Å². The van der Waals surface area contributed by atoms with Gasteiger partial charge in [-0.25, -0.2) is 0 Å². The molecule has 0 N–H and O–H groups in total. The molecule has 0 radical (unpaired) electrons. The molecule has 1 aliphatic heterocycles. The lowest BCUT2D eigenvalue weighted by Crippen LogP contribution is -2.33. The summed E-state index contributed by atoms with van der Waals surface area (Å²) in [5, 5.41) is 8.45. The predicted octanol–water partition coefficient (Wildman–Crippen LogP) is 2.55. The molecule has 0 amide bonds. The van der Waals surface area contributed by atoms with Crippen LogP contribution in [0.4, 0.5) is 0 Å². The minimum absolute atomic E-state index is 0.712. The van der Waals surface area contributed by atoms with E-state index in [-0.39, 0.29) is 0 Å². The van der Waals surface area contributed by atoms with Crippen molar-refractivity contribution in [3.05, 3.63) is 0 Å². The van der Waals surface area contributed by atoms with Crippen LogP contribution in [-0.2, 0) is 0 Å². The molecular weight excluding hydrogens is 160 g/mol. The summed E-state index contributed by atoms with van der Waals surface area (Å²) < 4.78 is 0. The second-order valence-electron chi connectivity index (χ2n) is 4.00. The summed E-state index contributed by atoms with van der Waals surface area (Å²) in [5.74, 6) is 0. The molecule has 74 valence electrons. The van der Waals surface area contributed by atoms with E-state index in [4.69, 9.17) is 5.26 Å². The standard InChI is InChI=1S/C11H20N2/c1-11-7-3-2-5-9-13(11)10-6-4-8-12/h11H,2-7,9-10H2,1H3. The van der Waals surface area contributed by atoms with Crippen LogP contribution >= 0.6 is 0 Å². The molecule has 13 heavy (non-hydrogen) atoms. The third-order valence-electron chi connectivity index (χ3n) is 2.92. The van der Waals surface area contributed by atoms with E-state index in [2.05, 4.69) is 17.9 Å². The molecule has 1 saturated heterocycles. The minimum atomic E-state index is 0.712. The Bertz CT molecular complexity index is 171. The van der Waals surface area contributed by atoms with Crippen molar-refractivity contribution in [2.45, 2.75) is 51.5 Å². The zero-order chi connectivity index (χ0) is 9.52. The van der Waals surface area contributed by atoms with E-state index in [0.717, 1.165) is 19.0 Å². The van der Waals surface area contributed by atoms with E-state index in [1.54, 1.807) is 0 Å². The summed E-state index contributed by atoms with van der Waals surface area (Å²) in [6.07, 6.45) is 7.21. The molecule has 0 aromatic rings. The van der Waals surface area contributed by atoms with Crippen LogP contribution in [0.15, 0.2) is 0 Å². The summed E-state index contributed by atoms with van der Waals surface area (Å²) in [6.45, 7) is 4.68. The fraction of sp³-hybridized carbons (Fsp3) is 0.909. The molecule has 2 heteroatoms. The molecular formula is C11H20N2. The third-order valence-corrected chi connectivity index (χ3v) is 2.92. The van der Waals surface area contributed by atoms with Crippen molar-refractivity contribution in [2.24, 2.45) is 0 Å². The number of unbranched alkanes of at least 4 members (excludes halogenated alkanes) is 1. The molecule has 1 rings (SSSR count). The van der Waals surface area contributed by atoms with Gasteiger partial charge in [-0.3, -0.25) is 0 Å². The van der Waals surface area contributed by atoms with Crippen molar-refractivity contribution < 1.29 is 0 Å². The molecule has 1 aliphatic rings. The lowest BCUT2D eigenvalue weighted by molar-refractivity contribution is 0.212. The monoisotopic (exact) mass is 180 g/mol. The number of likely N-dealkylation sites (tertiary alicyclic amines) is 1. The first-order valence-corrected chi connectivity index (χ1v) is 5.45. The quantitative estimate of drug-likeness (QED) is 0.624. The number of hydrogen-bond donors (Lipinski definition) is 0. The van der Waals surface area contributed by atoms with Crippen molar-refractivity contribution in [3.63, 3.8) is 0 Å². The maximum absolute atomic E-state index is 8.45. The lowest BCUT2D eigenvalue weighted by atomic mass is 10.1. The number of hydrogen-bond acceptors (Lipinski definition) is 2. The Morgan fingerprint density at radius 1 is 1.38 bits per heavy atom. The largest absolute Gasteiger partial charge is 0.301 e. The van der Waals surface area contributed by atoms with Crippen molar-refractivity contribution in [1.82, 2.24) is 4.90 Å². The molecule has 1 atom stereocenters. The Hall–Kier alpha value is -0.550. The molecule has 0 aromatic heterocycles. The van der Waals surface area contributed by atoms with Gasteiger partial charge >= 0.3 is 0 Å². The minimum Gasteiger partial charge on any atom is -0.301 e. The smallest absolute Gasteiger partial charge is 0.0622 e. The maximum atomic E-state index is 8.45. The number of rotatable bonds is 3. The highest BCUT2D eigenvalue weighted by Crippen LogP contribution is 2.16. The molecule has 0 aliphatic carbocycles. The van der Waals surface area contributed by atoms with Crippen molar-refractivity contribution >= 4 is 0 Å². The van der Waals surface area contributed by atoms with E-state index in [9.17, 15) is 0 Å². The van der Waals surface area contributed by atoms with E-state index >= 15 is 0 Å². The van der Waals surface area contributed by atoms with Gasteiger partial charge < -0.3 is 4.90 Å². The Morgan fingerprint density at radius 3 is 3.00 bits per heavy atom. The predicted molar refractivity (Wildman–Crippen MR) is 54.4 cm³/mol. The van der Waals surface area contributed by atoms with Crippen LogP contribution in [-0.4, -0.2) is 24.0 Å². The Morgan fingerprint density at radius 2 is 2.23 bits per heavy atom. The van der Waals surface area contributed by atoms with Gasteiger partial charge in [-0.1, -0.05) is 12.8 Å². The van der Waals surface area contributed by atoms with Crippen LogP contribution in [0.2, 0.25) is 0 Å². The fourth-order valence-electron chi connectivity index (χ4n) is 2.03. The molecule has 1 fully saturated rings. The zero-order valence-corrected chi connectivity index (χ0v) is 8.63. The van der Waals surface area contributed by atoms with Gasteiger partial charge in [0, 0.05) is 12.5 Å². The fourth-order valence-corrected chi connectivity index (χ4v) is 2.03. The topological polar surface area (TPSA) is 27.0 Å². The molecule has 0 bridgehead atoms. The average molecular weight is 180 g/mol. The summed E-state index contributed by atoms with van der Waals surface area (Å²) in [4.78, 5) is 2.55. The number of nitriles is 1. The van der Waals surface area contributed by atoms with Gasteiger partial charge in [-0.15, -0.1) is 0 Å². The average Bonchev–Trinajstić information content (AvgIpc) is 2.32. The molecule has 1 unspecified atom stereocenters. The SMILES string of the molecule is CC1CCCCCN1CCCC#N. The molecule has 1 heterocycles. The van der Waals surface area contributed by atoms with Gasteiger partial charge in [-0.05, 0) is 39.3 Å². The summed E-state index contributed by atoms with van der Waals surface area (Å²) >= 11 is 0. The van der Waals surface area contributed by atoms with Gasteiger partial charge in [0.25, 0.3) is 0 Å². The Labute approximate surface area is 81.5 Å². The highest BCUT2D eigenvalue weighted by Gasteiger charge is 2.15. The van der Waals surface area contributed by atoms with Crippen LogP contribution in [0.25, 0.3) is 0 Å². The van der Waals surface area contributed by atoms with Gasteiger partial charge in [0.05, 0.1) is 6.07 Å². The summed E-state index contributed by atoms with van der Waals surface area (Å²) in [6, 6.07) is 2.95. The lowest BCUT2D eigenvalue weighted by Gasteiger charge is -2.26. The second kappa shape index (κ2) is 5.99. The van der Waals surface area contributed by atoms with Crippen LogP contribution < -0.4 is 0 Å². The highest BCUT2D eigenvalue weighted by molar-refractivity contribution is 4.74. The Balaban J connectivity index is 2.24. The second-order valence-corrected chi connectivity index (χ2v) is 4.00. The highest BCUT2D eigenvalue weighted by atomic mass is 15.1. The zero-order valence-electron chi connectivity index (χ0n) is 8.63. The van der Waals surface area contributed by atoms with E-state index in [1.165, 1.54) is 32.2 Å². The van der Waals surface area contributed by atoms with Crippen LogP contribution in [0.5, 0.6) is 0 Å². The van der Waals surface area contributed by atoms with Gasteiger partial charge in [0.2, 0.25) is 0 Å². The molecule has 0 saturated carbocycles. The molecule has 2 nitrogen and oxygen atoms in total. The molecule has 0 spiro atoms. The first-order chi connectivity index (χ1) is 6.34. The number of nitrogens with zero attached hydrogens (tertiary/aromatic N) is 2. The van der Waals surface area contributed by atoms with Gasteiger partial charge in [-0.2, -0.15) is 5.26 Å². The Kier molecular flexibility index (Phi) is 4.85. The van der Waals surface area contributed by atoms with E-state index < -0.39 is 0 Å². The van der Waals surface area contributed by atoms with Crippen molar-refractivity contribution in [1.29, 1.82) is 5.26 Å². The van der Waals surface area contributed by atoms with Crippen LogP contribution in [0.3, 0.4) is 0 Å². The first kappa shape index (κ1) is 10.5. The van der Waals surface area contributed by atoms with Crippen LogP contribution in [0.1, 0.15) is 45.4 Å². The van der Waals surface area contributed by atoms with Crippen molar-refractivity contribution in [3.8, 4) is 6.07 Å². The van der Waals surface area contributed by atoms with E-state index in [0.29, 0.717) is 6.42 Å². The summed E-state index contributed by atoms with van der Waals surface area (Å²) in [7, 11) is 0. The van der Waals surface area contributed by atoms with Gasteiger partial charge in [0.1, 0.15) is 0 Å². The van der Waals surface area contributed by atoms with Gasteiger partial charge in [0.15, 0.2) is 0 Å². The normalized spacial score (nSPS) is 25.1. The van der Waals surface area contributed by atoms with Crippen LogP contribution in [0, 0.1) is 11.3 Å². The summed E-state index contributed by atoms with van der Waals surface area (Å²) in [5.41, 5.74) is 0. The van der Waals surface area contributed by atoms with Crippen molar-refractivity contribution in [2.75, 3.05) is 13.1 Å². The maximum Gasteiger partial charge on any atom is 0.0622 e. The molecule has 0 aromatic carbocycles. The third kappa shape index (κ3) is 3.78. The first-order valence-electron chi connectivity index (χ1n) is 5.45.